The van der Waals surface area contributed by atoms with Crippen LogP contribution < -0.4 is 15.1 Å². The number of fused-ring (bicyclic) bond motifs is 2. The van der Waals surface area contributed by atoms with Crippen molar-refractivity contribution in [3.05, 3.63) is 98.4 Å². The second-order valence-corrected chi connectivity index (χ2v) is 11.5. The molecule has 1 saturated heterocycles. The Kier molecular flexibility index (Phi) is 6.08. The summed E-state index contributed by atoms with van der Waals surface area (Å²) in [7, 11) is 0. The maximum atomic E-state index is 13.8. The molecule has 2 aliphatic heterocycles. The van der Waals surface area contributed by atoms with E-state index in [-0.39, 0.29) is 29.1 Å². The van der Waals surface area contributed by atoms with E-state index >= 15 is 0 Å². The summed E-state index contributed by atoms with van der Waals surface area (Å²) in [4.78, 5) is 55.1. The number of nitrogens with zero attached hydrogens (tertiary/aromatic N) is 2. The predicted octanol–water partition coefficient (Wildman–Crippen LogP) is 4.55. The van der Waals surface area contributed by atoms with Crippen LogP contribution in [0.1, 0.15) is 27.7 Å². The van der Waals surface area contributed by atoms with Gasteiger partial charge in [0.2, 0.25) is 17.7 Å². The van der Waals surface area contributed by atoms with Gasteiger partial charge < -0.3 is 9.73 Å². The molecule has 3 amide bonds. The summed E-state index contributed by atoms with van der Waals surface area (Å²) in [5.74, 6) is -1.87. The van der Waals surface area contributed by atoms with E-state index in [1.54, 1.807) is 30.3 Å². The molecule has 0 saturated carbocycles. The fourth-order valence-electron chi connectivity index (χ4n) is 5.02. The summed E-state index contributed by atoms with van der Waals surface area (Å²) in [6.07, 6.45) is 1.51. The topological polar surface area (TPSA) is 102 Å². The van der Waals surface area contributed by atoms with Gasteiger partial charge in [-0.25, -0.2) is 4.90 Å². The van der Waals surface area contributed by atoms with Crippen LogP contribution in [0.3, 0.4) is 0 Å². The Morgan fingerprint density at radius 1 is 0.974 bits per heavy atom. The molecule has 0 radical (unpaired) electrons. The van der Waals surface area contributed by atoms with E-state index in [1.165, 1.54) is 27.5 Å². The summed E-state index contributed by atoms with van der Waals surface area (Å²) in [6, 6.07) is 18.1. The van der Waals surface area contributed by atoms with Crippen LogP contribution in [0.4, 0.5) is 11.4 Å². The van der Waals surface area contributed by atoms with E-state index in [4.69, 9.17) is 4.42 Å². The number of imide groups is 1. The number of carbonyl (C=O) groups excluding carboxylic acids is 3. The lowest BCUT2D eigenvalue weighted by Crippen LogP contribution is -2.32. The molecular formula is C28H23N3O5S2. The van der Waals surface area contributed by atoms with E-state index in [1.807, 2.05) is 44.2 Å². The lowest BCUT2D eigenvalue weighted by molar-refractivity contribution is -0.122. The van der Waals surface area contributed by atoms with E-state index < -0.39 is 17.1 Å². The normalized spacial score (nSPS) is 20.4. The van der Waals surface area contributed by atoms with Gasteiger partial charge in [0.1, 0.15) is 17.6 Å². The van der Waals surface area contributed by atoms with Crippen molar-refractivity contribution in [1.82, 2.24) is 4.57 Å². The number of amides is 3. The van der Waals surface area contributed by atoms with Crippen molar-refractivity contribution < 1.29 is 18.8 Å². The Balaban J connectivity index is 1.39. The maximum absolute atomic E-state index is 13.8. The van der Waals surface area contributed by atoms with Crippen LogP contribution in [0.15, 0.2) is 81.2 Å². The van der Waals surface area contributed by atoms with Crippen molar-refractivity contribution in [2.45, 2.75) is 36.6 Å². The quantitative estimate of drug-likeness (QED) is 0.369. The first-order chi connectivity index (χ1) is 18.3. The smallest absolute Gasteiger partial charge is 0.308 e. The Bertz CT molecular complexity index is 1620. The SMILES string of the molecule is Cc1ccc(N2C(=O)C3Sc4c(sc(=O)n4CC(=O)Nc4ccccc4C)C(c4ccco4)C3C2=O)cc1. The third-order valence-electron chi connectivity index (χ3n) is 6.91. The van der Waals surface area contributed by atoms with Gasteiger partial charge >= 0.3 is 4.87 Å². The summed E-state index contributed by atoms with van der Waals surface area (Å²) in [6.45, 7) is 3.62. The molecule has 2 aliphatic rings. The fourth-order valence-corrected chi connectivity index (χ4v) is 7.78. The van der Waals surface area contributed by atoms with Gasteiger partial charge in [-0.05, 0) is 49.7 Å². The van der Waals surface area contributed by atoms with Crippen molar-refractivity contribution in [3.63, 3.8) is 0 Å². The lowest BCUT2D eigenvalue weighted by atomic mass is 9.87. The van der Waals surface area contributed by atoms with Gasteiger partial charge in [-0.1, -0.05) is 59.0 Å². The maximum Gasteiger partial charge on any atom is 0.308 e. The summed E-state index contributed by atoms with van der Waals surface area (Å²) in [5.41, 5.74) is 3.10. The first-order valence-electron chi connectivity index (χ1n) is 12.1. The second-order valence-electron chi connectivity index (χ2n) is 9.39. The number of para-hydroxylation sites is 1. The molecule has 4 aromatic rings. The molecular weight excluding hydrogens is 522 g/mol. The van der Waals surface area contributed by atoms with Crippen LogP contribution in [-0.2, 0) is 20.9 Å². The van der Waals surface area contributed by atoms with E-state index in [9.17, 15) is 19.2 Å². The molecule has 38 heavy (non-hydrogen) atoms. The number of nitrogens with one attached hydrogen (secondary N) is 1. The number of benzene rings is 2. The van der Waals surface area contributed by atoms with Crippen molar-refractivity contribution in [1.29, 1.82) is 0 Å². The molecule has 0 spiro atoms. The molecule has 0 aliphatic carbocycles. The highest BCUT2D eigenvalue weighted by atomic mass is 32.2. The Morgan fingerprint density at radius 3 is 2.45 bits per heavy atom. The van der Waals surface area contributed by atoms with Crippen LogP contribution in [0.25, 0.3) is 0 Å². The molecule has 8 nitrogen and oxygen atoms in total. The molecule has 2 aromatic heterocycles. The highest BCUT2D eigenvalue weighted by Crippen LogP contribution is 2.53. The van der Waals surface area contributed by atoms with E-state index in [0.29, 0.717) is 27.0 Å². The number of furan rings is 1. The number of carbonyl (C=O) groups is 3. The minimum absolute atomic E-state index is 0.210. The molecule has 10 heteroatoms. The van der Waals surface area contributed by atoms with Gasteiger partial charge in [0.15, 0.2) is 0 Å². The van der Waals surface area contributed by atoms with Crippen molar-refractivity contribution in [2.24, 2.45) is 5.92 Å². The zero-order chi connectivity index (χ0) is 26.6. The summed E-state index contributed by atoms with van der Waals surface area (Å²) >= 11 is 2.17. The zero-order valence-corrected chi connectivity index (χ0v) is 22.2. The number of thiazole rings is 1. The number of thioether (sulfide) groups is 1. The molecule has 3 atom stereocenters. The number of aryl methyl sites for hydroxylation is 2. The number of hydrogen-bond acceptors (Lipinski definition) is 7. The minimum Gasteiger partial charge on any atom is -0.469 e. The molecule has 3 unspecified atom stereocenters. The predicted molar refractivity (Wildman–Crippen MR) is 146 cm³/mol. The fraction of sp³-hybridized carbons (Fsp3) is 0.214. The third-order valence-corrected chi connectivity index (χ3v) is 9.52. The first kappa shape index (κ1) is 24.4. The van der Waals surface area contributed by atoms with E-state index in [2.05, 4.69) is 5.32 Å². The molecule has 4 heterocycles. The number of rotatable bonds is 5. The second kappa shape index (κ2) is 9.45. The number of anilines is 2. The van der Waals surface area contributed by atoms with Crippen molar-refractivity contribution in [2.75, 3.05) is 10.2 Å². The highest BCUT2D eigenvalue weighted by molar-refractivity contribution is 8.00. The van der Waals surface area contributed by atoms with Gasteiger partial charge in [-0.3, -0.25) is 23.7 Å². The standard InChI is InChI=1S/C28H23N3O5S2/c1-15-9-11-17(12-10-15)31-25(33)22-21(19-8-5-13-36-19)24-27(37-23(22)26(31)34)30(28(35)38-24)14-20(32)29-18-7-4-3-6-16(18)2/h3-13,21-23H,14H2,1-2H3,(H,29,32). The molecule has 1 N–H and O–H groups in total. The highest BCUT2D eigenvalue weighted by Gasteiger charge is 2.57. The Hall–Kier alpha value is -3.89. The van der Waals surface area contributed by atoms with Crippen LogP contribution in [-0.4, -0.2) is 27.5 Å². The summed E-state index contributed by atoms with van der Waals surface area (Å²) in [5, 5.41) is 2.63. The number of aromatic nitrogens is 1. The Labute approximate surface area is 226 Å². The van der Waals surface area contributed by atoms with Crippen LogP contribution in [0.5, 0.6) is 0 Å². The monoisotopic (exact) mass is 545 g/mol. The molecule has 192 valence electrons. The summed E-state index contributed by atoms with van der Waals surface area (Å²) < 4.78 is 7.13. The third kappa shape index (κ3) is 4.00. The minimum atomic E-state index is -0.758. The molecule has 0 bridgehead atoms. The van der Waals surface area contributed by atoms with Gasteiger partial charge in [0, 0.05) is 5.69 Å². The lowest BCUT2D eigenvalue weighted by Gasteiger charge is -2.29. The van der Waals surface area contributed by atoms with Crippen LogP contribution in [0, 0.1) is 19.8 Å². The number of hydrogen-bond donors (Lipinski definition) is 1. The first-order valence-corrected chi connectivity index (χ1v) is 13.8. The van der Waals surface area contributed by atoms with E-state index in [0.717, 1.165) is 22.5 Å². The molecule has 6 rings (SSSR count). The van der Waals surface area contributed by atoms with Crippen molar-refractivity contribution >= 4 is 52.2 Å². The molecule has 2 aromatic carbocycles. The van der Waals surface area contributed by atoms with Crippen LogP contribution >= 0.6 is 23.1 Å². The largest absolute Gasteiger partial charge is 0.469 e. The zero-order valence-electron chi connectivity index (χ0n) is 20.5. The van der Waals surface area contributed by atoms with Gasteiger partial charge in [-0.2, -0.15) is 0 Å². The van der Waals surface area contributed by atoms with Gasteiger partial charge in [0.05, 0.1) is 33.7 Å². The van der Waals surface area contributed by atoms with Gasteiger partial charge in [0.25, 0.3) is 0 Å². The average Bonchev–Trinajstić information content (AvgIpc) is 3.59. The average molecular weight is 546 g/mol. The van der Waals surface area contributed by atoms with Crippen LogP contribution in [0.2, 0.25) is 0 Å². The van der Waals surface area contributed by atoms with Gasteiger partial charge in [-0.15, -0.1) is 0 Å². The molecule has 1 fully saturated rings. The van der Waals surface area contributed by atoms with Crippen molar-refractivity contribution in [3.8, 4) is 0 Å². The Morgan fingerprint density at radius 2 is 1.74 bits per heavy atom.